The smallest absolute Gasteiger partial charge is 0.216 e. The molecule has 0 saturated heterocycles. The van der Waals surface area contributed by atoms with Crippen molar-refractivity contribution >= 4 is 23.3 Å². The second-order valence-electron chi connectivity index (χ2n) is 3.39. The summed E-state index contributed by atoms with van der Waals surface area (Å²) < 4.78 is 0. The number of hydrogen-bond acceptors (Lipinski definition) is 2. The minimum atomic E-state index is -0.165. The summed E-state index contributed by atoms with van der Waals surface area (Å²) in [5.74, 6) is -0.0689. The first-order valence-corrected chi connectivity index (χ1v) is 4.85. The topological polar surface area (TPSA) is 46.2 Å². The minimum Gasteiger partial charge on any atom is -0.356 e. The number of hydrogen-bond donors (Lipinski definition) is 1. The van der Waals surface area contributed by atoms with E-state index in [4.69, 9.17) is 11.6 Å². The van der Waals surface area contributed by atoms with Gasteiger partial charge in [0.2, 0.25) is 5.91 Å². The Morgan fingerprint density at radius 3 is 2.23 bits per heavy atom. The van der Waals surface area contributed by atoms with Gasteiger partial charge in [0.1, 0.15) is 0 Å². The largest absolute Gasteiger partial charge is 0.356 e. The lowest BCUT2D eigenvalue weighted by Gasteiger charge is -2.18. The second kappa shape index (κ2) is 5.97. The third-order valence-electron chi connectivity index (χ3n) is 1.92. The summed E-state index contributed by atoms with van der Waals surface area (Å²) in [7, 11) is 0. The number of halogens is 1. The lowest BCUT2D eigenvalue weighted by atomic mass is 9.92. The predicted octanol–water partition coefficient (Wildman–Crippen LogP) is 1.20. The van der Waals surface area contributed by atoms with E-state index < -0.39 is 0 Å². The molecule has 1 N–H and O–H groups in total. The van der Waals surface area contributed by atoms with Crippen molar-refractivity contribution in [3.05, 3.63) is 0 Å². The maximum Gasteiger partial charge on any atom is 0.216 e. The van der Waals surface area contributed by atoms with Crippen LogP contribution in [0.15, 0.2) is 0 Å². The zero-order valence-corrected chi connectivity index (χ0v) is 9.02. The monoisotopic (exact) mass is 205 g/mol. The highest BCUT2D eigenvalue weighted by Crippen LogP contribution is 2.11. The number of carbonyl (C=O) groups is 2. The van der Waals surface area contributed by atoms with Gasteiger partial charge in [-0.15, -0.1) is 11.6 Å². The Balaban J connectivity index is 4.10. The molecule has 0 aliphatic rings. The molecule has 0 aromatic carbocycles. The highest BCUT2D eigenvalue weighted by molar-refractivity contribution is 6.27. The molecule has 0 heterocycles. The van der Waals surface area contributed by atoms with Crippen molar-refractivity contribution in [1.29, 1.82) is 0 Å². The molecule has 0 spiro atoms. The Kier molecular flexibility index (Phi) is 5.71. The molecule has 1 amide bonds. The molecule has 1 unspecified atom stereocenters. The Bertz CT molecular complexity index is 192. The Morgan fingerprint density at radius 2 is 1.92 bits per heavy atom. The van der Waals surface area contributed by atoms with Gasteiger partial charge >= 0.3 is 0 Å². The van der Waals surface area contributed by atoms with Crippen molar-refractivity contribution in [3.8, 4) is 0 Å². The van der Waals surface area contributed by atoms with Gasteiger partial charge in [0.15, 0.2) is 5.78 Å². The molecule has 0 radical (unpaired) electrons. The Labute approximate surface area is 83.8 Å². The predicted molar refractivity (Wildman–Crippen MR) is 52.7 cm³/mol. The van der Waals surface area contributed by atoms with Gasteiger partial charge in [-0.3, -0.25) is 9.59 Å². The molecule has 0 aromatic rings. The molecule has 0 fully saturated rings. The van der Waals surface area contributed by atoms with Crippen LogP contribution in [0.5, 0.6) is 0 Å². The lowest BCUT2D eigenvalue weighted by Crippen LogP contribution is -2.35. The van der Waals surface area contributed by atoms with Crippen LogP contribution in [0.3, 0.4) is 0 Å². The molecule has 0 aliphatic heterocycles. The van der Waals surface area contributed by atoms with E-state index in [0.29, 0.717) is 6.54 Å². The fourth-order valence-electron chi connectivity index (χ4n) is 1.07. The first-order chi connectivity index (χ1) is 5.99. The van der Waals surface area contributed by atoms with Crippen molar-refractivity contribution in [2.45, 2.75) is 20.8 Å². The van der Waals surface area contributed by atoms with Crippen molar-refractivity contribution in [3.63, 3.8) is 0 Å². The van der Waals surface area contributed by atoms with Crippen LogP contribution in [0, 0.1) is 11.8 Å². The van der Waals surface area contributed by atoms with Crippen LogP contribution in [-0.4, -0.2) is 24.1 Å². The van der Waals surface area contributed by atoms with Crippen LogP contribution in [0.4, 0.5) is 0 Å². The molecule has 13 heavy (non-hydrogen) atoms. The van der Waals surface area contributed by atoms with Crippen molar-refractivity contribution < 1.29 is 9.59 Å². The van der Waals surface area contributed by atoms with E-state index >= 15 is 0 Å². The van der Waals surface area contributed by atoms with E-state index in [1.807, 2.05) is 13.8 Å². The molecule has 0 aromatic heterocycles. The molecule has 0 saturated carbocycles. The number of amides is 1. The van der Waals surface area contributed by atoms with Crippen LogP contribution in [0.1, 0.15) is 20.8 Å². The summed E-state index contributed by atoms with van der Waals surface area (Å²) in [6, 6.07) is 0. The summed E-state index contributed by atoms with van der Waals surface area (Å²) in [5.41, 5.74) is 0. The van der Waals surface area contributed by atoms with Gasteiger partial charge in [-0.25, -0.2) is 0 Å². The Hall–Kier alpha value is -0.570. The van der Waals surface area contributed by atoms with Crippen LogP contribution in [-0.2, 0) is 9.59 Å². The quantitative estimate of drug-likeness (QED) is 0.686. The van der Waals surface area contributed by atoms with Crippen molar-refractivity contribution in [1.82, 2.24) is 5.32 Å². The normalized spacial score (nSPS) is 12.7. The summed E-state index contributed by atoms with van der Waals surface area (Å²) in [6.07, 6.45) is 0. The first-order valence-electron chi connectivity index (χ1n) is 4.32. The summed E-state index contributed by atoms with van der Waals surface area (Å²) >= 11 is 5.44. The second-order valence-corrected chi connectivity index (χ2v) is 3.65. The average Bonchev–Trinajstić information content (AvgIpc) is 2.03. The van der Waals surface area contributed by atoms with Gasteiger partial charge in [-0.1, -0.05) is 13.8 Å². The number of nitrogens with one attached hydrogen (secondary N) is 1. The summed E-state index contributed by atoms with van der Waals surface area (Å²) in [4.78, 5) is 21.9. The minimum absolute atomic E-state index is 0.00887. The SMILES string of the molecule is CC(=O)NCC(C(=O)CCl)C(C)C. The van der Waals surface area contributed by atoms with Gasteiger partial charge < -0.3 is 5.32 Å². The third-order valence-corrected chi connectivity index (χ3v) is 2.18. The van der Waals surface area contributed by atoms with Crippen LogP contribution in [0.2, 0.25) is 0 Å². The van der Waals surface area contributed by atoms with Crippen molar-refractivity contribution in [2.24, 2.45) is 11.8 Å². The van der Waals surface area contributed by atoms with Crippen molar-refractivity contribution in [2.75, 3.05) is 12.4 Å². The van der Waals surface area contributed by atoms with E-state index in [2.05, 4.69) is 5.32 Å². The number of Topliss-reactive ketones (excluding diaryl/α,β-unsaturated/α-hetero) is 1. The highest BCUT2D eigenvalue weighted by atomic mass is 35.5. The number of carbonyl (C=O) groups excluding carboxylic acids is 2. The van der Waals surface area contributed by atoms with Gasteiger partial charge in [0.05, 0.1) is 5.88 Å². The number of rotatable bonds is 5. The first kappa shape index (κ1) is 12.4. The maximum atomic E-state index is 11.3. The van der Waals surface area contributed by atoms with E-state index in [1.165, 1.54) is 6.92 Å². The number of ketones is 1. The van der Waals surface area contributed by atoms with E-state index in [9.17, 15) is 9.59 Å². The van der Waals surface area contributed by atoms with Crippen LogP contribution >= 0.6 is 11.6 Å². The number of alkyl halides is 1. The van der Waals surface area contributed by atoms with Crippen LogP contribution < -0.4 is 5.32 Å². The average molecular weight is 206 g/mol. The highest BCUT2D eigenvalue weighted by Gasteiger charge is 2.20. The fraction of sp³-hybridized carbons (Fsp3) is 0.778. The third kappa shape index (κ3) is 4.88. The molecule has 4 heteroatoms. The molecule has 0 bridgehead atoms. The van der Waals surface area contributed by atoms with Gasteiger partial charge in [0, 0.05) is 19.4 Å². The molecule has 0 aliphatic carbocycles. The van der Waals surface area contributed by atoms with E-state index in [1.54, 1.807) is 0 Å². The molecular formula is C9H16ClNO2. The molecular weight excluding hydrogens is 190 g/mol. The molecule has 1 atom stereocenters. The summed E-state index contributed by atoms with van der Waals surface area (Å²) in [6.45, 7) is 5.70. The maximum absolute atomic E-state index is 11.3. The van der Waals surface area contributed by atoms with Gasteiger partial charge in [0.25, 0.3) is 0 Å². The van der Waals surface area contributed by atoms with Crippen LogP contribution in [0.25, 0.3) is 0 Å². The van der Waals surface area contributed by atoms with Gasteiger partial charge in [-0.2, -0.15) is 0 Å². The standard InChI is InChI=1S/C9H16ClNO2/c1-6(2)8(9(13)4-10)5-11-7(3)12/h6,8H,4-5H2,1-3H3,(H,11,12). The summed E-state index contributed by atoms with van der Waals surface area (Å²) in [5, 5.41) is 2.62. The zero-order chi connectivity index (χ0) is 10.4. The molecule has 76 valence electrons. The molecule has 3 nitrogen and oxygen atoms in total. The fourth-order valence-corrected chi connectivity index (χ4v) is 1.27. The van der Waals surface area contributed by atoms with E-state index in [0.717, 1.165) is 0 Å². The zero-order valence-electron chi connectivity index (χ0n) is 8.26. The Morgan fingerprint density at radius 1 is 1.38 bits per heavy atom. The van der Waals surface area contributed by atoms with Gasteiger partial charge in [-0.05, 0) is 5.92 Å². The van der Waals surface area contributed by atoms with E-state index in [-0.39, 0.29) is 29.4 Å². The lowest BCUT2D eigenvalue weighted by molar-refractivity contribution is -0.122. The molecule has 0 rings (SSSR count).